The lowest BCUT2D eigenvalue weighted by molar-refractivity contribution is -0.125. The van der Waals surface area contributed by atoms with E-state index in [2.05, 4.69) is 15.9 Å². The lowest BCUT2D eigenvalue weighted by Gasteiger charge is -2.29. The number of halogens is 2. The average molecular weight is 319 g/mol. The molecule has 0 aliphatic heterocycles. The van der Waals surface area contributed by atoms with Crippen molar-refractivity contribution in [2.75, 3.05) is 11.4 Å². The first-order valence-corrected chi connectivity index (χ1v) is 6.71. The summed E-state index contributed by atoms with van der Waals surface area (Å²) in [6.07, 6.45) is 0. The van der Waals surface area contributed by atoms with E-state index in [0.29, 0.717) is 11.6 Å². The van der Waals surface area contributed by atoms with Crippen LogP contribution in [0.4, 0.5) is 5.69 Å². The molecule has 0 atom stereocenters. The molecule has 0 bridgehead atoms. The van der Waals surface area contributed by atoms with E-state index in [1.54, 1.807) is 11.0 Å². The smallest absolute Gasteiger partial charge is 0.232 e. The van der Waals surface area contributed by atoms with Gasteiger partial charge in [0, 0.05) is 16.4 Å². The fourth-order valence-corrected chi connectivity index (χ4v) is 2.30. The Morgan fingerprint density at radius 3 is 2.41 bits per heavy atom. The number of benzene rings is 1. The Kier molecular flexibility index (Phi) is 4.62. The highest BCUT2D eigenvalue weighted by Gasteiger charge is 2.28. The second-order valence-electron chi connectivity index (χ2n) is 4.90. The minimum atomic E-state index is -0.410. The van der Waals surface area contributed by atoms with Gasteiger partial charge in [-0.25, -0.2) is 0 Å². The van der Waals surface area contributed by atoms with Gasteiger partial charge in [0.1, 0.15) is 0 Å². The van der Waals surface area contributed by atoms with Crippen LogP contribution in [0.5, 0.6) is 0 Å². The highest BCUT2D eigenvalue weighted by molar-refractivity contribution is 9.10. The normalized spacial score (nSPS) is 11.4. The Morgan fingerprint density at radius 1 is 1.41 bits per heavy atom. The third-order valence-corrected chi connectivity index (χ3v) is 3.20. The van der Waals surface area contributed by atoms with Crippen LogP contribution < -0.4 is 4.90 Å². The van der Waals surface area contributed by atoms with E-state index in [4.69, 9.17) is 11.6 Å². The standard InChI is InChI=1S/C13H17BrClNO/c1-5-16(12(17)13(2,3)4)11-7-6-9(14)8-10(11)15/h6-8H,5H2,1-4H3. The Balaban J connectivity index is 3.15. The van der Waals surface area contributed by atoms with Gasteiger partial charge in [0.05, 0.1) is 10.7 Å². The van der Waals surface area contributed by atoms with Crippen LogP contribution in [-0.2, 0) is 4.79 Å². The number of carbonyl (C=O) groups excluding carboxylic acids is 1. The topological polar surface area (TPSA) is 20.3 Å². The second kappa shape index (κ2) is 5.40. The summed E-state index contributed by atoms with van der Waals surface area (Å²) in [5.41, 5.74) is 0.351. The number of hydrogen-bond donors (Lipinski definition) is 0. The molecule has 0 spiro atoms. The lowest BCUT2D eigenvalue weighted by Crippen LogP contribution is -2.39. The van der Waals surface area contributed by atoms with Crippen molar-refractivity contribution >= 4 is 39.1 Å². The maximum absolute atomic E-state index is 12.3. The zero-order valence-corrected chi connectivity index (χ0v) is 12.9. The lowest BCUT2D eigenvalue weighted by atomic mass is 9.94. The van der Waals surface area contributed by atoms with Crippen molar-refractivity contribution < 1.29 is 4.79 Å². The molecule has 0 aromatic heterocycles. The van der Waals surface area contributed by atoms with Crippen LogP contribution in [0.25, 0.3) is 0 Å². The Labute approximate surface area is 116 Å². The molecular weight excluding hydrogens is 302 g/mol. The van der Waals surface area contributed by atoms with Gasteiger partial charge in [-0.2, -0.15) is 0 Å². The van der Waals surface area contributed by atoms with E-state index < -0.39 is 5.41 Å². The quantitative estimate of drug-likeness (QED) is 0.786. The summed E-state index contributed by atoms with van der Waals surface area (Å²) in [5, 5.41) is 0.582. The molecule has 4 heteroatoms. The number of hydrogen-bond acceptors (Lipinski definition) is 1. The van der Waals surface area contributed by atoms with Crippen molar-refractivity contribution in [1.29, 1.82) is 0 Å². The molecule has 0 saturated carbocycles. The molecule has 1 aromatic carbocycles. The van der Waals surface area contributed by atoms with Crippen molar-refractivity contribution in [2.45, 2.75) is 27.7 Å². The highest BCUT2D eigenvalue weighted by atomic mass is 79.9. The average Bonchev–Trinajstić information content (AvgIpc) is 2.20. The molecule has 0 heterocycles. The van der Waals surface area contributed by atoms with Gasteiger partial charge in [-0.05, 0) is 25.1 Å². The molecule has 0 fully saturated rings. The number of nitrogens with zero attached hydrogens (tertiary/aromatic N) is 1. The molecular formula is C13H17BrClNO. The fourth-order valence-electron chi connectivity index (χ4n) is 1.53. The molecule has 0 aliphatic rings. The number of rotatable bonds is 2. The molecule has 1 amide bonds. The zero-order valence-electron chi connectivity index (χ0n) is 10.6. The number of amides is 1. The van der Waals surface area contributed by atoms with Crippen LogP contribution in [0.3, 0.4) is 0 Å². The first-order chi connectivity index (χ1) is 7.77. The van der Waals surface area contributed by atoms with Gasteiger partial charge in [-0.15, -0.1) is 0 Å². The van der Waals surface area contributed by atoms with Crippen LogP contribution in [0.15, 0.2) is 22.7 Å². The summed E-state index contributed by atoms with van der Waals surface area (Å²) in [6, 6.07) is 5.55. The van der Waals surface area contributed by atoms with Crippen LogP contribution in [-0.4, -0.2) is 12.5 Å². The number of carbonyl (C=O) groups is 1. The molecule has 0 saturated heterocycles. The maximum Gasteiger partial charge on any atom is 0.232 e. The van der Waals surface area contributed by atoms with Crippen molar-refractivity contribution in [3.8, 4) is 0 Å². The highest BCUT2D eigenvalue weighted by Crippen LogP contribution is 2.31. The third-order valence-electron chi connectivity index (χ3n) is 2.40. The monoisotopic (exact) mass is 317 g/mol. The summed E-state index contributed by atoms with van der Waals surface area (Å²) in [7, 11) is 0. The largest absolute Gasteiger partial charge is 0.311 e. The van der Waals surface area contributed by atoms with E-state index in [1.807, 2.05) is 39.8 Å². The van der Waals surface area contributed by atoms with Gasteiger partial charge in [0.25, 0.3) is 0 Å². The van der Waals surface area contributed by atoms with Crippen molar-refractivity contribution in [3.63, 3.8) is 0 Å². The van der Waals surface area contributed by atoms with Gasteiger partial charge in [0.15, 0.2) is 0 Å². The molecule has 0 unspecified atom stereocenters. The first-order valence-electron chi connectivity index (χ1n) is 5.54. The van der Waals surface area contributed by atoms with Crippen molar-refractivity contribution in [1.82, 2.24) is 0 Å². The van der Waals surface area contributed by atoms with Crippen LogP contribution >= 0.6 is 27.5 Å². The zero-order chi connectivity index (χ0) is 13.2. The van der Waals surface area contributed by atoms with Crippen molar-refractivity contribution in [2.24, 2.45) is 5.41 Å². The molecule has 2 nitrogen and oxygen atoms in total. The third kappa shape index (κ3) is 3.46. The van der Waals surface area contributed by atoms with E-state index in [-0.39, 0.29) is 5.91 Å². The van der Waals surface area contributed by atoms with Gasteiger partial charge < -0.3 is 4.90 Å². The molecule has 1 rings (SSSR count). The predicted octanol–water partition coefficient (Wildman–Crippen LogP) is 4.50. The molecule has 0 N–H and O–H groups in total. The Bertz CT molecular complexity index is 426. The SMILES string of the molecule is CCN(C(=O)C(C)(C)C)c1ccc(Br)cc1Cl. The van der Waals surface area contributed by atoms with Crippen LogP contribution in [0.1, 0.15) is 27.7 Å². The molecule has 1 aromatic rings. The molecule has 0 radical (unpaired) electrons. The molecule has 0 aliphatic carbocycles. The maximum atomic E-state index is 12.3. The van der Waals surface area contributed by atoms with E-state index in [9.17, 15) is 4.79 Å². The second-order valence-corrected chi connectivity index (χ2v) is 6.22. The summed E-state index contributed by atoms with van der Waals surface area (Å²) in [5.74, 6) is 0.0734. The molecule has 17 heavy (non-hydrogen) atoms. The summed E-state index contributed by atoms with van der Waals surface area (Å²) in [4.78, 5) is 14.0. The predicted molar refractivity (Wildman–Crippen MR) is 76.6 cm³/mol. The van der Waals surface area contributed by atoms with Crippen LogP contribution in [0.2, 0.25) is 5.02 Å². The summed E-state index contributed by atoms with van der Waals surface area (Å²) < 4.78 is 0.908. The van der Waals surface area contributed by atoms with Crippen molar-refractivity contribution in [3.05, 3.63) is 27.7 Å². The summed E-state index contributed by atoms with van der Waals surface area (Å²) in [6.45, 7) is 8.28. The fraction of sp³-hybridized carbons (Fsp3) is 0.462. The van der Waals surface area contributed by atoms with Gasteiger partial charge in [-0.3, -0.25) is 4.79 Å². The first kappa shape index (κ1) is 14.5. The summed E-state index contributed by atoms with van der Waals surface area (Å²) >= 11 is 9.53. The molecule has 94 valence electrons. The number of anilines is 1. The van der Waals surface area contributed by atoms with Gasteiger partial charge in [-0.1, -0.05) is 48.3 Å². The van der Waals surface area contributed by atoms with Gasteiger partial charge >= 0.3 is 0 Å². The van der Waals surface area contributed by atoms with E-state index in [1.165, 1.54) is 0 Å². The Morgan fingerprint density at radius 2 is 2.00 bits per heavy atom. The van der Waals surface area contributed by atoms with E-state index in [0.717, 1.165) is 10.2 Å². The van der Waals surface area contributed by atoms with E-state index >= 15 is 0 Å². The Hall–Kier alpha value is -0.540. The minimum Gasteiger partial charge on any atom is -0.311 e. The van der Waals surface area contributed by atoms with Gasteiger partial charge in [0.2, 0.25) is 5.91 Å². The van der Waals surface area contributed by atoms with Crippen LogP contribution in [0, 0.1) is 5.41 Å². The minimum absolute atomic E-state index is 0.0734.